The molecule has 0 nitrogen and oxygen atoms in total. The zero-order valence-electron chi connectivity index (χ0n) is 7.54. The van der Waals surface area contributed by atoms with Gasteiger partial charge in [-0.25, -0.2) is 0 Å². The maximum atomic E-state index is 4.05. The first-order valence-electron chi connectivity index (χ1n) is 5.27. The second-order valence-corrected chi connectivity index (χ2v) is 5.94. The van der Waals surface area contributed by atoms with Crippen LogP contribution in [0.2, 0.25) is 0 Å². The maximum absolute atomic E-state index is 4.05. The third-order valence-corrected chi connectivity index (χ3v) is 5.49. The van der Waals surface area contributed by atoms with Crippen molar-refractivity contribution in [2.75, 3.05) is 0 Å². The van der Waals surface area contributed by atoms with Crippen molar-refractivity contribution in [1.29, 1.82) is 0 Å². The molecule has 0 aromatic heterocycles. The molecule has 67 valence electrons. The topological polar surface area (TPSA) is 0 Å². The molecule has 4 aliphatic rings. The molecule has 0 amide bonds. The fraction of sp³-hybridized carbons (Fsp3) is 0.909. The molecule has 4 saturated carbocycles. The Morgan fingerprint density at radius 1 is 0.833 bits per heavy atom. The van der Waals surface area contributed by atoms with E-state index < -0.39 is 0 Å². The minimum absolute atomic E-state index is 0.942. The van der Waals surface area contributed by atoms with Gasteiger partial charge in [0.05, 0.1) is 0 Å². The van der Waals surface area contributed by atoms with Gasteiger partial charge in [0.1, 0.15) is 0 Å². The van der Waals surface area contributed by atoms with Crippen LogP contribution < -0.4 is 0 Å². The second kappa shape index (κ2) is 2.67. The van der Waals surface area contributed by atoms with Crippen molar-refractivity contribution in [1.82, 2.24) is 0 Å². The summed E-state index contributed by atoms with van der Waals surface area (Å²) in [5.74, 6) is 4.36. The molecule has 1 heteroatoms. The lowest BCUT2D eigenvalue weighted by atomic mass is 9.56. The molecule has 0 aliphatic heterocycles. The Morgan fingerprint density at radius 3 is 1.75 bits per heavy atom. The van der Waals surface area contributed by atoms with Gasteiger partial charge in [-0.15, -0.1) is 0 Å². The minimum Gasteiger partial charge on any atom is -0.157 e. The lowest BCUT2D eigenvalue weighted by Gasteiger charge is -2.53. The van der Waals surface area contributed by atoms with Crippen LogP contribution in [0.3, 0.4) is 0 Å². The van der Waals surface area contributed by atoms with Crippen molar-refractivity contribution in [2.24, 2.45) is 23.7 Å². The summed E-state index contributed by atoms with van der Waals surface area (Å²) in [6.07, 6.45) is 11.8. The quantitative estimate of drug-likeness (QED) is 0.598. The smallest absolute Gasteiger partial charge is 0.0104 e. The molecule has 4 bridgehead atoms. The Morgan fingerprint density at radius 2 is 1.33 bits per heavy atom. The van der Waals surface area contributed by atoms with Gasteiger partial charge in [-0.05, 0) is 55.8 Å². The first-order valence-corrected chi connectivity index (χ1v) is 6.32. The fourth-order valence-corrected chi connectivity index (χ4v) is 5.14. The first-order chi connectivity index (χ1) is 5.86. The molecule has 0 atom stereocenters. The third-order valence-electron chi connectivity index (χ3n) is 4.33. The molecule has 0 heterocycles. The van der Waals surface area contributed by atoms with E-state index in [9.17, 15) is 0 Å². The number of hydrogen-bond donors (Lipinski definition) is 0. The first kappa shape index (κ1) is 7.73. The summed E-state index contributed by atoms with van der Waals surface area (Å²) in [6.45, 7) is 0. The highest BCUT2D eigenvalue weighted by Crippen LogP contribution is 2.56. The molecule has 4 fully saturated rings. The molecular formula is C11H17S. The van der Waals surface area contributed by atoms with Crippen molar-refractivity contribution in [3.05, 3.63) is 6.26 Å². The van der Waals surface area contributed by atoms with E-state index in [4.69, 9.17) is 0 Å². The van der Waals surface area contributed by atoms with E-state index in [1.54, 1.807) is 32.1 Å². The highest BCUT2D eigenvalue weighted by Gasteiger charge is 2.47. The molecule has 0 aromatic rings. The molecular weight excluding hydrogens is 164 g/mol. The van der Waals surface area contributed by atoms with Gasteiger partial charge in [-0.3, -0.25) is 0 Å². The monoisotopic (exact) mass is 181 g/mol. The van der Waals surface area contributed by atoms with Crippen LogP contribution in [0.15, 0.2) is 0 Å². The lowest BCUT2D eigenvalue weighted by molar-refractivity contribution is 0.0269. The molecule has 1 radical (unpaired) electrons. The van der Waals surface area contributed by atoms with Crippen molar-refractivity contribution >= 4 is 11.8 Å². The summed E-state index contributed by atoms with van der Waals surface area (Å²) >= 11 is 1.91. The number of hydrogen-bond acceptors (Lipinski definition) is 1. The fourth-order valence-electron chi connectivity index (χ4n) is 4.15. The van der Waals surface area contributed by atoms with Crippen LogP contribution in [-0.2, 0) is 0 Å². The molecule has 0 N–H and O–H groups in total. The van der Waals surface area contributed by atoms with Gasteiger partial charge < -0.3 is 0 Å². The van der Waals surface area contributed by atoms with E-state index in [2.05, 4.69) is 6.26 Å². The van der Waals surface area contributed by atoms with Crippen LogP contribution in [0, 0.1) is 29.9 Å². The summed E-state index contributed by atoms with van der Waals surface area (Å²) in [4.78, 5) is 0. The van der Waals surface area contributed by atoms with E-state index in [1.165, 1.54) is 0 Å². The summed E-state index contributed by atoms with van der Waals surface area (Å²) in [7, 11) is 0. The van der Waals surface area contributed by atoms with Crippen LogP contribution in [0.25, 0.3) is 0 Å². The van der Waals surface area contributed by atoms with Gasteiger partial charge in [0, 0.05) is 11.5 Å². The normalized spacial score (nSPS) is 56.2. The zero-order chi connectivity index (χ0) is 8.13. The van der Waals surface area contributed by atoms with Gasteiger partial charge in [-0.2, -0.15) is 11.8 Å². The van der Waals surface area contributed by atoms with E-state index in [-0.39, 0.29) is 0 Å². The molecule has 4 aliphatic carbocycles. The van der Waals surface area contributed by atoms with E-state index in [0.717, 1.165) is 28.9 Å². The number of thioether (sulfide) groups is 1. The molecule has 0 unspecified atom stereocenters. The molecule has 4 rings (SSSR count). The SMILES string of the molecule is [CH2]SC1C2CC3CC(C2)CC1C3. The Bertz CT molecular complexity index is 159. The second-order valence-electron chi connectivity index (χ2n) is 5.06. The standard InChI is InChI=1S/C11H17S/c1-12-11-9-3-7-2-8(5-9)6-10(11)4-7/h7-11H,1-6H2. The minimum atomic E-state index is 0.942. The summed E-state index contributed by atoms with van der Waals surface area (Å²) in [6, 6.07) is 0. The van der Waals surface area contributed by atoms with E-state index in [1.807, 2.05) is 11.8 Å². The Kier molecular flexibility index (Phi) is 1.72. The largest absolute Gasteiger partial charge is 0.157 e. The Hall–Kier alpha value is 0.350. The Balaban J connectivity index is 1.86. The molecule has 0 aromatic carbocycles. The van der Waals surface area contributed by atoms with E-state index in [0.29, 0.717) is 0 Å². The maximum Gasteiger partial charge on any atom is 0.0104 e. The van der Waals surface area contributed by atoms with Gasteiger partial charge >= 0.3 is 0 Å². The third kappa shape index (κ3) is 0.982. The van der Waals surface area contributed by atoms with Gasteiger partial charge in [0.2, 0.25) is 0 Å². The molecule has 0 saturated heterocycles. The lowest BCUT2D eigenvalue weighted by Crippen LogP contribution is -2.46. The van der Waals surface area contributed by atoms with Gasteiger partial charge in [-0.1, -0.05) is 0 Å². The predicted molar refractivity (Wildman–Crippen MR) is 53.8 cm³/mol. The summed E-state index contributed by atoms with van der Waals surface area (Å²) in [5.41, 5.74) is 0. The number of rotatable bonds is 1. The molecule has 12 heavy (non-hydrogen) atoms. The van der Waals surface area contributed by atoms with E-state index >= 15 is 0 Å². The summed E-state index contributed by atoms with van der Waals surface area (Å²) < 4.78 is 0. The van der Waals surface area contributed by atoms with Crippen molar-refractivity contribution in [2.45, 2.75) is 37.4 Å². The van der Waals surface area contributed by atoms with Crippen LogP contribution in [0.4, 0.5) is 0 Å². The van der Waals surface area contributed by atoms with Crippen LogP contribution in [0.5, 0.6) is 0 Å². The van der Waals surface area contributed by atoms with Crippen molar-refractivity contribution in [3.63, 3.8) is 0 Å². The van der Waals surface area contributed by atoms with Crippen molar-refractivity contribution in [3.8, 4) is 0 Å². The van der Waals surface area contributed by atoms with Gasteiger partial charge in [0.25, 0.3) is 0 Å². The highest BCUT2D eigenvalue weighted by molar-refractivity contribution is 8.01. The molecule has 0 spiro atoms. The highest BCUT2D eigenvalue weighted by atomic mass is 32.2. The zero-order valence-corrected chi connectivity index (χ0v) is 8.35. The Labute approximate surface area is 79.5 Å². The average molecular weight is 181 g/mol. The van der Waals surface area contributed by atoms with Crippen LogP contribution in [-0.4, -0.2) is 5.25 Å². The average Bonchev–Trinajstić information content (AvgIpc) is 2.02. The van der Waals surface area contributed by atoms with Crippen LogP contribution in [0.1, 0.15) is 32.1 Å². The predicted octanol–water partition coefficient (Wildman–Crippen LogP) is 3.34. The summed E-state index contributed by atoms with van der Waals surface area (Å²) in [5, 5.41) is 0.942. The van der Waals surface area contributed by atoms with Crippen molar-refractivity contribution < 1.29 is 0 Å². The van der Waals surface area contributed by atoms with Gasteiger partial charge in [0.15, 0.2) is 0 Å². The van der Waals surface area contributed by atoms with Crippen LogP contribution >= 0.6 is 11.8 Å².